The number of aromatic nitrogens is 4. The summed E-state index contributed by atoms with van der Waals surface area (Å²) in [4.78, 5) is 17.6. The van der Waals surface area contributed by atoms with Gasteiger partial charge in [-0.2, -0.15) is 5.10 Å². The molecule has 0 aromatic carbocycles. The molecule has 0 bridgehead atoms. The van der Waals surface area contributed by atoms with Crippen LogP contribution in [-0.2, 0) is 7.05 Å². The highest BCUT2D eigenvalue weighted by Gasteiger charge is 2.10. The minimum atomic E-state index is -0.288. The SMILES string of the molecule is Cc1cc(Oc2nc[nH]c(=O)c2Br)n(C)n1. The van der Waals surface area contributed by atoms with E-state index in [0.29, 0.717) is 5.88 Å². The molecule has 0 fully saturated rings. The van der Waals surface area contributed by atoms with Crippen LogP contribution in [0.3, 0.4) is 0 Å². The predicted molar refractivity (Wildman–Crippen MR) is 60.6 cm³/mol. The van der Waals surface area contributed by atoms with Crippen LogP contribution in [0.4, 0.5) is 0 Å². The summed E-state index contributed by atoms with van der Waals surface area (Å²) >= 11 is 3.11. The third-order valence-corrected chi connectivity index (χ3v) is 2.62. The highest BCUT2D eigenvalue weighted by Crippen LogP contribution is 2.23. The lowest BCUT2D eigenvalue weighted by atomic mass is 10.5. The van der Waals surface area contributed by atoms with Gasteiger partial charge in [0.15, 0.2) is 0 Å². The van der Waals surface area contributed by atoms with E-state index >= 15 is 0 Å². The van der Waals surface area contributed by atoms with Crippen molar-refractivity contribution in [2.45, 2.75) is 6.92 Å². The number of hydrogen-bond donors (Lipinski definition) is 1. The Morgan fingerprint density at radius 2 is 2.31 bits per heavy atom. The first-order valence-corrected chi connectivity index (χ1v) is 5.29. The van der Waals surface area contributed by atoms with Gasteiger partial charge in [-0.25, -0.2) is 9.67 Å². The fraction of sp³-hybridized carbons (Fsp3) is 0.222. The molecule has 0 amide bonds. The Kier molecular flexibility index (Phi) is 2.78. The molecule has 2 aromatic rings. The normalized spacial score (nSPS) is 10.4. The third kappa shape index (κ3) is 1.99. The molecule has 0 atom stereocenters. The minimum Gasteiger partial charge on any atom is -0.419 e. The summed E-state index contributed by atoms with van der Waals surface area (Å²) < 4.78 is 7.30. The first-order valence-electron chi connectivity index (χ1n) is 4.49. The van der Waals surface area contributed by atoms with E-state index in [1.165, 1.54) is 6.33 Å². The van der Waals surface area contributed by atoms with Crippen LogP contribution >= 0.6 is 15.9 Å². The molecule has 0 aliphatic heterocycles. The topological polar surface area (TPSA) is 72.8 Å². The molecule has 0 unspecified atom stereocenters. The fourth-order valence-electron chi connectivity index (χ4n) is 1.22. The van der Waals surface area contributed by atoms with Crippen molar-refractivity contribution in [2.24, 2.45) is 7.05 Å². The van der Waals surface area contributed by atoms with E-state index in [1.807, 2.05) is 6.92 Å². The second-order valence-electron chi connectivity index (χ2n) is 3.20. The maximum absolute atomic E-state index is 11.3. The van der Waals surface area contributed by atoms with Gasteiger partial charge in [0.2, 0.25) is 11.8 Å². The molecule has 2 aromatic heterocycles. The molecule has 2 rings (SSSR count). The summed E-state index contributed by atoms with van der Waals surface area (Å²) in [5.41, 5.74) is 0.544. The van der Waals surface area contributed by atoms with Gasteiger partial charge in [0.25, 0.3) is 5.56 Å². The molecule has 1 N–H and O–H groups in total. The van der Waals surface area contributed by atoms with Crippen LogP contribution in [0.2, 0.25) is 0 Å². The largest absolute Gasteiger partial charge is 0.419 e. The van der Waals surface area contributed by atoms with E-state index in [1.54, 1.807) is 17.8 Å². The van der Waals surface area contributed by atoms with E-state index in [9.17, 15) is 4.79 Å². The van der Waals surface area contributed by atoms with Crippen LogP contribution in [-0.4, -0.2) is 19.7 Å². The predicted octanol–water partition coefficient (Wildman–Crippen LogP) is 1.37. The van der Waals surface area contributed by atoms with Gasteiger partial charge in [-0.05, 0) is 22.9 Å². The van der Waals surface area contributed by atoms with Crippen molar-refractivity contribution in [1.82, 2.24) is 19.7 Å². The molecule has 0 radical (unpaired) electrons. The lowest BCUT2D eigenvalue weighted by Crippen LogP contribution is -2.09. The minimum absolute atomic E-state index is 0.215. The van der Waals surface area contributed by atoms with Crippen LogP contribution in [0.15, 0.2) is 21.7 Å². The van der Waals surface area contributed by atoms with Crippen molar-refractivity contribution in [1.29, 1.82) is 0 Å². The number of rotatable bonds is 2. The van der Waals surface area contributed by atoms with Gasteiger partial charge in [0.1, 0.15) is 4.47 Å². The van der Waals surface area contributed by atoms with Gasteiger partial charge in [0, 0.05) is 13.1 Å². The number of nitrogens with zero attached hydrogens (tertiary/aromatic N) is 3. The zero-order valence-electron chi connectivity index (χ0n) is 8.69. The Labute approximate surface area is 99.4 Å². The average Bonchev–Trinajstić information content (AvgIpc) is 2.53. The van der Waals surface area contributed by atoms with Crippen LogP contribution in [0.5, 0.6) is 11.8 Å². The molecule has 0 saturated carbocycles. The summed E-state index contributed by atoms with van der Waals surface area (Å²) in [5, 5.41) is 4.12. The number of aryl methyl sites for hydroxylation is 2. The second-order valence-corrected chi connectivity index (χ2v) is 3.99. The Hall–Kier alpha value is -1.63. The van der Waals surface area contributed by atoms with Crippen LogP contribution < -0.4 is 10.3 Å². The maximum Gasteiger partial charge on any atom is 0.268 e. The van der Waals surface area contributed by atoms with Crippen LogP contribution in [0, 0.1) is 6.92 Å². The number of halogens is 1. The van der Waals surface area contributed by atoms with Gasteiger partial charge in [-0.3, -0.25) is 4.79 Å². The quantitative estimate of drug-likeness (QED) is 0.904. The van der Waals surface area contributed by atoms with Crippen LogP contribution in [0.1, 0.15) is 5.69 Å². The molecule has 6 nitrogen and oxygen atoms in total. The van der Waals surface area contributed by atoms with E-state index in [2.05, 4.69) is 31.0 Å². The molecule has 2 heterocycles. The number of ether oxygens (including phenoxy) is 1. The average molecular weight is 285 g/mol. The Morgan fingerprint density at radius 1 is 1.56 bits per heavy atom. The molecular formula is C9H9BrN4O2. The van der Waals surface area contributed by atoms with E-state index < -0.39 is 0 Å². The first kappa shape index (κ1) is 10.9. The Balaban J connectivity index is 2.38. The van der Waals surface area contributed by atoms with Crippen LogP contribution in [0.25, 0.3) is 0 Å². The second kappa shape index (κ2) is 4.09. The monoisotopic (exact) mass is 284 g/mol. The molecule has 0 saturated heterocycles. The standard InChI is InChI=1S/C9H9BrN4O2/c1-5-3-6(14(2)13-5)16-9-7(10)8(15)11-4-12-9/h3-4H,1-2H3,(H,11,12,15). The van der Waals surface area contributed by atoms with Crippen molar-refractivity contribution in [3.8, 4) is 11.8 Å². The lowest BCUT2D eigenvalue weighted by Gasteiger charge is -2.04. The fourth-order valence-corrected chi connectivity index (χ4v) is 1.52. The van der Waals surface area contributed by atoms with E-state index in [4.69, 9.17) is 4.74 Å². The van der Waals surface area contributed by atoms with Crippen molar-refractivity contribution >= 4 is 15.9 Å². The first-order chi connectivity index (χ1) is 7.58. The van der Waals surface area contributed by atoms with Crippen molar-refractivity contribution < 1.29 is 4.74 Å². The molecule has 84 valence electrons. The summed E-state index contributed by atoms with van der Waals surface area (Å²) in [6.07, 6.45) is 1.28. The van der Waals surface area contributed by atoms with Gasteiger partial charge >= 0.3 is 0 Å². The summed E-state index contributed by atoms with van der Waals surface area (Å²) in [5.74, 6) is 0.739. The summed E-state index contributed by atoms with van der Waals surface area (Å²) in [6.45, 7) is 1.85. The zero-order valence-corrected chi connectivity index (χ0v) is 10.3. The molecule has 16 heavy (non-hydrogen) atoms. The Morgan fingerprint density at radius 3 is 2.94 bits per heavy atom. The molecule has 7 heteroatoms. The molecular weight excluding hydrogens is 276 g/mol. The van der Waals surface area contributed by atoms with Gasteiger partial charge in [0.05, 0.1) is 12.0 Å². The van der Waals surface area contributed by atoms with E-state index in [-0.39, 0.29) is 15.9 Å². The van der Waals surface area contributed by atoms with Crippen molar-refractivity contribution in [2.75, 3.05) is 0 Å². The smallest absolute Gasteiger partial charge is 0.268 e. The van der Waals surface area contributed by atoms with Gasteiger partial charge in [-0.15, -0.1) is 0 Å². The zero-order chi connectivity index (χ0) is 11.7. The van der Waals surface area contributed by atoms with Crippen molar-refractivity contribution in [3.05, 3.63) is 32.9 Å². The Bertz CT molecular complexity index is 575. The highest BCUT2D eigenvalue weighted by atomic mass is 79.9. The summed E-state index contributed by atoms with van der Waals surface area (Å²) in [7, 11) is 1.75. The number of aromatic amines is 1. The van der Waals surface area contributed by atoms with Gasteiger partial charge < -0.3 is 9.72 Å². The molecule has 0 spiro atoms. The lowest BCUT2D eigenvalue weighted by molar-refractivity contribution is 0.411. The highest BCUT2D eigenvalue weighted by molar-refractivity contribution is 9.10. The number of hydrogen-bond acceptors (Lipinski definition) is 4. The maximum atomic E-state index is 11.3. The third-order valence-electron chi connectivity index (χ3n) is 1.92. The summed E-state index contributed by atoms with van der Waals surface area (Å²) in [6, 6.07) is 1.76. The van der Waals surface area contributed by atoms with Crippen molar-refractivity contribution in [3.63, 3.8) is 0 Å². The number of nitrogens with one attached hydrogen (secondary N) is 1. The van der Waals surface area contributed by atoms with Gasteiger partial charge in [-0.1, -0.05) is 0 Å². The van der Waals surface area contributed by atoms with E-state index in [0.717, 1.165) is 5.69 Å². The molecule has 0 aliphatic rings. The number of H-pyrrole nitrogens is 1. The molecule has 0 aliphatic carbocycles.